The summed E-state index contributed by atoms with van der Waals surface area (Å²) in [4.78, 5) is 13.2. The molecule has 1 atom stereocenters. The number of methoxy groups -OCH3 is 2. The molecule has 0 saturated carbocycles. The molecule has 2 rings (SSSR count). The first kappa shape index (κ1) is 18.8. The first-order valence-electron chi connectivity index (χ1n) is 7.09. The molecule has 1 N–H and O–H groups in total. The predicted octanol–water partition coefficient (Wildman–Crippen LogP) is 5.13. The van der Waals surface area contributed by atoms with Crippen molar-refractivity contribution < 1.29 is 14.3 Å². The highest BCUT2D eigenvalue weighted by atomic mass is 35.5. The average molecular weight is 386 g/mol. The number of benzene rings is 2. The number of nitrogens with one attached hydrogen (secondary N) is 1. The highest BCUT2D eigenvalue weighted by Gasteiger charge is 2.19. The Balaban J connectivity index is 2.15. The zero-order valence-corrected chi connectivity index (χ0v) is 15.8. The molecular weight excluding hydrogens is 369 g/mol. The van der Waals surface area contributed by atoms with E-state index in [2.05, 4.69) is 5.32 Å². The smallest absolute Gasteiger partial charge is 0.237 e. The van der Waals surface area contributed by atoms with Crippen LogP contribution < -0.4 is 14.8 Å². The molecular formula is C17H17Cl2NO3S. The largest absolute Gasteiger partial charge is 0.497 e. The minimum atomic E-state index is -0.404. The Morgan fingerprint density at radius 3 is 2.38 bits per heavy atom. The van der Waals surface area contributed by atoms with Gasteiger partial charge in [0.15, 0.2) is 0 Å². The van der Waals surface area contributed by atoms with Crippen LogP contribution in [0.25, 0.3) is 0 Å². The van der Waals surface area contributed by atoms with Crippen molar-refractivity contribution in [2.45, 2.75) is 17.1 Å². The molecule has 0 spiro atoms. The second kappa shape index (κ2) is 8.51. The van der Waals surface area contributed by atoms with Crippen LogP contribution in [0.15, 0.2) is 41.3 Å². The standard InChI is InChI=1S/C17H17Cl2NO3S/c1-10(24-16-12(18)5-4-6-13(16)19)17(21)20-14-9-11(22-2)7-8-15(14)23-3/h4-10H,1-3H3,(H,20,21). The fraction of sp³-hybridized carbons (Fsp3) is 0.235. The van der Waals surface area contributed by atoms with Gasteiger partial charge in [0.25, 0.3) is 0 Å². The van der Waals surface area contributed by atoms with E-state index in [0.29, 0.717) is 32.1 Å². The number of ether oxygens (including phenoxy) is 2. The monoisotopic (exact) mass is 385 g/mol. The number of carbonyl (C=O) groups is 1. The number of amides is 1. The molecule has 0 aliphatic heterocycles. The van der Waals surface area contributed by atoms with Gasteiger partial charge in [-0.3, -0.25) is 4.79 Å². The lowest BCUT2D eigenvalue weighted by atomic mass is 10.2. The van der Waals surface area contributed by atoms with E-state index >= 15 is 0 Å². The minimum Gasteiger partial charge on any atom is -0.497 e. The lowest BCUT2D eigenvalue weighted by molar-refractivity contribution is -0.115. The summed E-state index contributed by atoms with van der Waals surface area (Å²) in [5.41, 5.74) is 0.541. The number of rotatable bonds is 6. The number of halogens is 2. The van der Waals surface area contributed by atoms with Gasteiger partial charge in [0.1, 0.15) is 11.5 Å². The van der Waals surface area contributed by atoms with Crippen LogP contribution in [0, 0.1) is 0 Å². The lowest BCUT2D eigenvalue weighted by Crippen LogP contribution is -2.22. The van der Waals surface area contributed by atoms with E-state index < -0.39 is 5.25 Å². The van der Waals surface area contributed by atoms with Gasteiger partial charge in [0.2, 0.25) is 5.91 Å². The third kappa shape index (κ3) is 4.50. The van der Waals surface area contributed by atoms with E-state index in [0.717, 1.165) is 0 Å². The molecule has 0 aliphatic rings. The molecule has 0 bridgehead atoms. The molecule has 2 aromatic rings. The Labute approximate surface area is 155 Å². The Morgan fingerprint density at radius 2 is 1.79 bits per heavy atom. The molecule has 0 fully saturated rings. The topological polar surface area (TPSA) is 47.6 Å². The highest BCUT2D eigenvalue weighted by Crippen LogP contribution is 2.37. The van der Waals surface area contributed by atoms with Crippen LogP contribution in [0.1, 0.15) is 6.92 Å². The van der Waals surface area contributed by atoms with Crippen LogP contribution in [-0.2, 0) is 4.79 Å². The van der Waals surface area contributed by atoms with Gasteiger partial charge in [-0.2, -0.15) is 0 Å². The summed E-state index contributed by atoms with van der Waals surface area (Å²) in [5.74, 6) is 0.986. The van der Waals surface area contributed by atoms with E-state index in [1.165, 1.54) is 11.8 Å². The van der Waals surface area contributed by atoms with Gasteiger partial charge >= 0.3 is 0 Å². The Bertz CT molecular complexity index is 720. The van der Waals surface area contributed by atoms with Crippen LogP contribution >= 0.6 is 35.0 Å². The molecule has 0 radical (unpaired) electrons. The quantitative estimate of drug-likeness (QED) is 0.700. The van der Waals surface area contributed by atoms with Crippen molar-refractivity contribution in [1.29, 1.82) is 0 Å². The Morgan fingerprint density at radius 1 is 1.12 bits per heavy atom. The average Bonchev–Trinajstić information content (AvgIpc) is 2.57. The number of thioether (sulfide) groups is 1. The second-order valence-electron chi connectivity index (χ2n) is 4.87. The van der Waals surface area contributed by atoms with Gasteiger partial charge in [-0.1, -0.05) is 29.3 Å². The molecule has 0 saturated heterocycles. The van der Waals surface area contributed by atoms with Crippen molar-refractivity contribution in [3.05, 3.63) is 46.4 Å². The SMILES string of the molecule is COc1ccc(OC)c(NC(=O)C(C)Sc2c(Cl)cccc2Cl)c1. The van der Waals surface area contributed by atoms with E-state index in [1.807, 2.05) is 0 Å². The van der Waals surface area contributed by atoms with Gasteiger partial charge in [0.05, 0.1) is 35.2 Å². The highest BCUT2D eigenvalue weighted by molar-refractivity contribution is 8.00. The van der Waals surface area contributed by atoms with E-state index in [-0.39, 0.29) is 5.91 Å². The van der Waals surface area contributed by atoms with Crippen molar-refractivity contribution in [3.8, 4) is 11.5 Å². The van der Waals surface area contributed by atoms with Crippen molar-refractivity contribution in [2.75, 3.05) is 19.5 Å². The molecule has 0 aromatic heterocycles. The molecule has 0 heterocycles. The summed E-state index contributed by atoms with van der Waals surface area (Å²) in [7, 11) is 3.10. The van der Waals surface area contributed by atoms with Gasteiger partial charge in [0, 0.05) is 11.0 Å². The molecule has 1 unspecified atom stereocenters. The third-order valence-corrected chi connectivity index (χ3v) is 5.34. The Kier molecular flexibility index (Phi) is 6.66. The number of anilines is 1. The molecule has 24 heavy (non-hydrogen) atoms. The number of hydrogen-bond donors (Lipinski definition) is 1. The van der Waals surface area contributed by atoms with Crippen LogP contribution in [-0.4, -0.2) is 25.4 Å². The maximum atomic E-state index is 12.5. The van der Waals surface area contributed by atoms with Gasteiger partial charge in [-0.15, -0.1) is 11.8 Å². The summed E-state index contributed by atoms with van der Waals surface area (Å²) in [6.07, 6.45) is 0. The van der Waals surface area contributed by atoms with Crippen molar-refractivity contribution in [1.82, 2.24) is 0 Å². The van der Waals surface area contributed by atoms with Crippen LogP contribution in [0.2, 0.25) is 10.0 Å². The molecule has 4 nitrogen and oxygen atoms in total. The molecule has 0 aliphatic carbocycles. The minimum absolute atomic E-state index is 0.192. The molecule has 1 amide bonds. The number of carbonyl (C=O) groups excluding carboxylic acids is 1. The maximum absolute atomic E-state index is 12.5. The van der Waals surface area contributed by atoms with E-state index in [9.17, 15) is 4.79 Å². The van der Waals surface area contributed by atoms with Crippen LogP contribution in [0.5, 0.6) is 11.5 Å². The first-order chi connectivity index (χ1) is 11.5. The fourth-order valence-electron chi connectivity index (χ4n) is 1.97. The van der Waals surface area contributed by atoms with Gasteiger partial charge < -0.3 is 14.8 Å². The Hall–Kier alpha value is -1.56. The zero-order chi connectivity index (χ0) is 17.7. The molecule has 7 heteroatoms. The summed E-state index contributed by atoms with van der Waals surface area (Å²) < 4.78 is 10.4. The van der Waals surface area contributed by atoms with Crippen molar-refractivity contribution >= 4 is 46.6 Å². The summed E-state index contributed by atoms with van der Waals surface area (Å²) >= 11 is 13.6. The molecule has 2 aromatic carbocycles. The first-order valence-corrected chi connectivity index (χ1v) is 8.73. The van der Waals surface area contributed by atoms with Crippen LogP contribution in [0.3, 0.4) is 0 Å². The van der Waals surface area contributed by atoms with E-state index in [4.69, 9.17) is 32.7 Å². The fourth-order valence-corrected chi connectivity index (χ4v) is 3.52. The lowest BCUT2D eigenvalue weighted by Gasteiger charge is -2.16. The van der Waals surface area contributed by atoms with Crippen LogP contribution in [0.4, 0.5) is 5.69 Å². The summed E-state index contributed by atoms with van der Waals surface area (Å²) in [5, 5.41) is 3.48. The van der Waals surface area contributed by atoms with Crippen molar-refractivity contribution in [3.63, 3.8) is 0 Å². The van der Waals surface area contributed by atoms with Gasteiger partial charge in [-0.05, 0) is 31.2 Å². The zero-order valence-electron chi connectivity index (χ0n) is 13.4. The summed E-state index contributed by atoms with van der Waals surface area (Å²) in [6, 6.07) is 10.4. The molecule has 128 valence electrons. The van der Waals surface area contributed by atoms with E-state index in [1.54, 1.807) is 57.5 Å². The van der Waals surface area contributed by atoms with Gasteiger partial charge in [-0.25, -0.2) is 0 Å². The third-order valence-electron chi connectivity index (χ3n) is 3.25. The van der Waals surface area contributed by atoms with Crippen molar-refractivity contribution in [2.24, 2.45) is 0 Å². The maximum Gasteiger partial charge on any atom is 0.237 e. The number of hydrogen-bond acceptors (Lipinski definition) is 4. The second-order valence-corrected chi connectivity index (χ2v) is 7.03. The normalized spacial score (nSPS) is 11.7. The summed E-state index contributed by atoms with van der Waals surface area (Å²) in [6.45, 7) is 1.78. The predicted molar refractivity (Wildman–Crippen MR) is 100.0 cm³/mol.